The molecule has 1 saturated heterocycles. The largest absolute Gasteiger partial charge is 0.493 e. The molecule has 0 bridgehead atoms. The third-order valence-electron chi connectivity index (χ3n) is 3.49. The Morgan fingerprint density at radius 3 is 2.61 bits per heavy atom. The molecular weight excluding hydrogens is 312 g/mol. The molecule has 1 aliphatic rings. The van der Waals surface area contributed by atoms with Gasteiger partial charge in [-0.15, -0.1) is 0 Å². The Morgan fingerprint density at radius 2 is 1.96 bits per heavy atom. The van der Waals surface area contributed by atoms with Crippen LogP contribution in [0.2, 0.25) is 0 Å². The summed E-state index contributed by atoms with van der Waals surface area (Å²) < 4.78 is 5.69. The average molecular weight is 328 g/mol. The smallest absolute Gasteiger partial charge is 0.287 e. The zero-order valence-corrected chi connectivity index (χ0v) is 13.2. The third-order valence-corrected chi connectivity index (χ3v) is 4.28. The van der Waals surface area contributed by atoms with Crippen LogP contribution in [0.1, 0.15) is 11.3 Å². The van der Waals surface area contributed by atoms with Crippen LogP contribution in [0.5, 0.6) is 5.75 Å². The number of hydrogen-bond acceptors (Lipinski definition) is 5. The van der Waals surface area contributed by atoms with Crippen molar-refractivity contribution < 1.29 is 14.3 Å². The average Bonchev–Trinajstić information content (AvgIpc) is 2.88. The molecule has 0 aliphatic carbocycles. The summed E-state index contributed by atoms with van der Waals surface area (Å²) in [6.07, 6.45) is 3.03. The number of nitrogens with one attached hydrogen (secondary N) is 1. The fourth-order valence-corrected chi connectivity index (χ4v) is 2.97. The van der Waals surface area contributed by atoms with E-state index in [9.17, 15) is 9.59 Å². The van der Waals surface area contributed by atoms with Crippen molar-refractivity contribution in [3.63, 3.8) is 0 Å². The molecule has 6 heteroatoms. The molecule has 2 heterocycles. The molecule has 23 heavy (non-hydrogen) atoms. The molecule has 1 aromatic heterocycles. The maximum absolute atomic E-state index is 11.6. The highest BCUT2D eigenvalue weighted by molar-refractivity contribution is 8.26. The van der Waals surface area contributed by atoms with Crippen LogP contribution in [-0.2, 0) is 17.6 Å². The summed E-state index contributed by atoms with van der Waals surface area (Å²) >= 11 is 0.740. The third kappa shape index (κ3) is 4.32. The minimum atomic E-state index is -0.427. The molecule has 1 fully saturated rings. The van der Waals surface area contributed by atoms with Crippen molar-refractivity contribution in [1.29, 1.82) is 0 Å². The van der Waals surface area contributed by atoms with Gasteiger partial charge in [0.2, 0.25) is 5.12 Å². The Hall–Kier alpha value is -2.34. The van der Waals surface area contributed by atoms with Gasteiger partial charge in [-0.1, -0.05) is 18.2 Å². The van der Waals surface area contributed by atoms with Crippen LogP contribution in [0.25, 0.3) is 0 Å². The lowest BCUT2D eigenvalue weighted by Gasteiger charge is -2.09. The van der Waals surface area contributed by atoms with E-state index in [0.29, 0.717) is 13.0 Å². The molecular formula is C17H16N2O3S. The summed E-state index contributed by atoms with van der Waals surface area (Å²) in [5.41, 5.74) is 1.99. The molecule has 1 amide bonds. The molecule has 0 saturated carbocycles. The first-order valence-corrected chi connectivity index (χ1v) is 8.16. The predicted molar refractivity (Wildman–Crippen MR) is 88.5 cm³/mol. The highest BCUT2D eigenvalue weighted by Gasteiger charge is 2.31. The lowest BCUT2D eigenvalue weighted by molar-refractivity contribution is -0.112. The lowest BCUT2D eigenvalue weighted by atomic mass is 10.1. The van der Waals surface area contributed by atoms with Crippen LogP contribution in [0.4, 0.5) is 4.79 Å². The fraction of sp³-hybridized carbons (Fsp3) is 0.235. The zero-order chi connectivity index (χ0) is 16.1. The van der Waals surface area contributed by atoms with Crippen LogP contribution >= 0.6 is 11.8 Å². The predicted octanol–water partition coefficient (Wildman–Crippen LogP) is 2.60. The maximum Gasteiger partial charge on any atom is 0.287 e. The standard InChI is InChI=1S/C17H16N2O3S/c20-16-15(19-17(21)23-16)11-12-4-6-14(7-5-12)22-10-8-13-3-1-2-9-18-13/h1-7,9,15H,8,10-11H2,(H,19,21). The number of nitrogens with zero attached hydrogens (tertiary/aromatic N) is 1. The number of hydrogen-bond donors (Lipinski definition) is 1. The second-order valence-corrected chi connectivity index (χ2v) is 6.15. The topological polar surface area (TPSA) is 68.3 Å². The molecule has 0 radical (unpaired) electrons. The summed E-state index contributed by atoms with van der Waals surface area (Å²) in [7, 11) is 0. The Kier molecular flexibility index (Phi) is 4.92. The highest BCUT2D eigenvalue weighted by Crippen LogP contribution is 2.20. The Labute approximate surface area is 138 Å². The van der Waals surface area contributed by atoms with E-state index in [0.717, 1.165) is 35.2 Å². The van der Waals surface area contributed by atoms with Gasteiger partial charge < -0.3 is 10.1 Å². The first-order chi connectivity index (χ1) is 11.2. The van der Waals surface area contributed by atoms with Gasteiger partial charge in [-0.25, -0.2) is 0 Å². The first-order valence-electron chi connectivity index (χ1n) is 7.34. The highest BCUT2D eigenvalue weighted by atomic mass is 32.2. The van der Waals surface area contributed by atoms with Crippen molar-refractivity contribution in [2.75, 3.05) is 6.61 Å². The molecule has 1 aromatic carbocycles. The Balaban J connectivity index is 1.49. The Morgan fingerprint density at radius 1 is 1.13 bits per heavy atom. The normalized spacial score (nSPS) is 17.1. The summed E-state index contributed by atoms with van der Waals surface area (Å²) in [5, 5.41) is 2.27. The fourth-order valence-electron chi connectivity index (χ4n) is 2.30. The summed E-state index contributed by atoms with van der Waals surface area (Å²) in [6.45, 7) is 0.560. The number of carbonyl (C=O) groups is 2. The Bertz CT molecular complexity index is 689. The minimum absolute atomic E-state index is 0.120. The number of thioether (sulfide) groups is 1. The van der Waals surface area contributed by atoms with E-state index in [-0.39, 0.29) is 10.4 Å². The number of aromatic nitrogens is 1. The van der Waals surface area contributed by atoms with Gasteiger partial charge in [-0.2, -0.15) is 0 Å². The molecule has 2 aromatic rings. The van der Waals surface area contributed by atoms with Crippen molar-refractivity contribution in [2.24, 2.45) is 0 Å². The van der Waals surface area contributed by atoms with Crippen LogP contribution < -0.4 is 10.1 Å². The number of amides is 1. The van der Waals surface area contributed by atoms with E-state index in [1.165, 1.54) is 0 Å². The van der Waals surface area contributed by atoms with E-state index >= 15 is 0 Å². The van der Waals surface area contributed by atoms with Gasteiger partial charge in [0.25, 0.3) is 5.24 Å². The molecule has 118 valence electrons. The second-order valence-electron chi connectivity index (χ2n) is 5.17. The van der Waals surface area contributed by atoms with Gasteiger partial charge in [0.15, 0.2) is 0 Å². The molecule has 3 rings (SSSR count). The van der Waals surface area contributed by atoms with Gasteiger partial charge in [-0.3, -0.25) is 14.6 Å². The van der Waals surface area contributed by atoms with E-state index in [1.807, 2.05) is 42.5 Å². The van der Waals surface area contributed by atoms with Crippen LogP contribution in [0.15, 0.2) is 48.7 Å². The van der Waals surface area contributed by atoms with E-state index < -0.39 is 6.04 Å². The van der Waals surface area contributed by atoms with E-state index in [4.69, 9.17) is 4.74 Å². The quantitative estimate of drug-likeness (QED) is 0.883. The number of benzene rings is 1. The van der Waals surface area contributed by atoms with Gasteiger partial charge in [-0.05, 0) is 29.8 Å². The second kappa shape index (κ2) is 7.28. The molecule has 1 unspecified atom stereocenters. The molecule has 1 atom stereocenters. The first kappa shape index (κ1) is 15.6. The SMILES string of the molecule is O=C1NC(Cc2ccc(OCCc3ccccn3)cc2)C(=O)S1. The summed E-state index contributed by atoms with van der Waals surface area (Å²) in [4.78, 5) is 27.0. The van der Waals surface area contributed by atoms with Crippen molar-refractivity contribution in [2.45, 2.75) is 18.9 Å². The van der Waals surface area contributed by atoms with Crippen molar-refractivity contribution >= 4 is 22.1 Å². The van der Waals surface area contributed by atoms with Gasteiger partial charge >= 0.3 is 0 Å². The molecule has 5 nitrogen and oxygen atoms in total. The van der Waals surface area contributed by atoms with Gasteiger partial charge in [0.05, 0.1) is 6.61 Å². The molecule has 0 spiro atoms. The van der Waals surface area contributed by atoms with Crippen molar-refractivity contribution in [3.8, 4) is 5.75 Å². The van der Waals surface area contributed by atoms with E-state index in [1.54, 1.807) is 6.20 Å². The zero-order valence-electron chi connectivity index (χ0n) is 12.4. The molecule has 1 N–H and O–H groups in total. The van der Waals surface area contributed by atoms with Crippen LogP contribution in [0, 0.1) is 0 Å². The van der Waals surface area contributed by atoms with Crippen LogP contribution in [-0.4, -0.2) is 28.0 Å². The van der Waals surface area contributed by atoms with Crippen molar-refractivity contribution in [3.05, 3.63) is 59.9 Å². The summed E-state index contributed by atoms with van der Waals surface area (Å²) in [5.74, 6) is 0.779. The maximum atomic E-state index is 11.6. The van der Waals surface area contributed by atoms with E-state index in [2.05, 4.69) is 10.3 Å². The van der Waals surface area contributed by atoms with Crippen molar-refractivity contribution in [1.82, 2.24) is 10.3 Å². The number of ether oxygens (including phenoxy) is 1. The lowest BCUT2D eigenvalue weighted by Crippen LogP contribution is -2.30. The number of rotatable bonds is 6. The molecule has 1 aliphatic heterocycles. The number of carbonyl (C=O) groups excluding carboxylic acids is 2. The van der Waals surface area contributed by atoms with Gasteiger partial charge in [0, 0.05) is 36.5 Å². The summed E-state index contributed by atoms with van der Waals surface area (Å²) in [6, 6.07) is 13.0. The van der Waals surface area contributed by atoms with Crippen LogP contribution in [0.3, 0.4) is 0 Å². The number of pyridine rings is 1. The monoisotopic (exact) mass is 328 g/mol. The van der Waals surface area contributed by atoms with Gasteiger partial charge in [0.1, 0.15) is 11.8 Å². The minimum Gasteiger partial charge on any atom is -0.493 e.